The summed E-state index contributed by atoms with van der Waals surface area (Å²) in [6, 6.07) is 0. The van der Waals surface area contributed by atoms with Gasteiger partial charge in [-0.1, -0.05) is 21.9 Å². The Bertz CT molecular complexity index is 232. The van der Waals surface area contributed by atoms with Crippen molar-refractivity contribution >= 4 is 53.2 Å². The predicted octanol–water partition coefficient (Wildman–Crippen LogP) is -3.73. The lowest BCUT2D eigenvalue weighted by Gasteiger charge is -2.14. The summed E-state index contributed by atoms with van der Waals surface area (Å²) in [7, 11) is 21.1. The largest absolute Gasteiger partial charge is 0.509 e. The predicted molar refractivity (Wildman–Crippen MR) is 51.3 cm³/mol. The van der Waals surface area contributed by atoms with E-state index in [2.05, 4.69) is 0 Å². The molecule has 0 saturated carbocycles. The van der Waals surface area contributed by atoms with E-state index in [1.807, 2.05) is 0 Å². The van der Waals surface area contributed by atoms with E-state index in [9.17, 15) is 10.2 Å². The summed E-state index contributed by atoms with van der Waals surface area (Å²) in [5.74, 6) is -0.800. The molecule has 0 saturated heterocycles. The average molecular weight is 149 g/mol. The van der Waals surface area contributed by atoms with Gasteiger partial charge < -0.3 is 10.2 Å². The topological polar surface area (TPSA) is 40.5 Å². The Hall–Kier alpha value is -0.920. The Labute approximate surface area is 75.6 Å². The molecule has 0 aliphatic rings. The van der Waals surface area contributed by atoms with E-state index in [0.717, 1.165) is 0 Å². The third-order valence-corrected chi connectivity index (χ3v) is 1.60. The van der Waals surface area contributed by atoms with Crippen molar-refractivity contribution in [2.75, 3.05) is 0 Å². The monoisotopic (exact) mass is 150 g/mol. The molecule has 0 aromatic heterocycles. The van der Waals surface area contributed by atoms with Crippen LogP contribution in [0, 0.1) is 0 Å². The van der Waals surface area contributed by atoms with E-state index in [0.29, 0.717) is 0 Å². The van der Waals surface area contributed by atoms with Gasteiger partial charge in [0, 0.05) is 0 Å². The lowest BCUT2D eigenvalue weighted by Crippen LogP contribution is -2.40. The molecule has 50 valence electrons. The Balaban J connectivity index is 3.60. The van der Waals surface area contributed by atoms with E-state index >= 15 is 0 Å². The van der Waals surface area contributed by atoms with Crippen molar-refractivity contribution in [3.63, 3.8) is 0 Å². The smallest absolute Gasteiger partial charge is 0.118 e. The van der Waals surface area contributed by atoms with Crippen molar-refractivity contribution < 1.29 is 10.2 Å². The number of aromatic hydroxyl groups is 2. The molecule has 0 aliphatic heterocycles. The quantitative estimate of drug-likeness (QED) is 0.294. The zero-order valence-corrected chi connectivity index (χ0v) is 6.20. The molecule has 1 aromatic rings. The van der Waals surface area contributed by atoms with Gasteiger partial charge in [-0.15, -0.1) is 0 Å². The van der Waals surface area contributed by atoms with Crippen LogP contribution in [0.25, 0.3) is 0 Å². The van der Waals surface area contributed by atoms with Crippen LogP contribution in [0.15, 0.2) is 0 Å². The van der Waals surface area contributed by atoms with Crippen LogP contribution >= 0.6 is 0 Å². The third kappa shape index (κ3) is 1.11. The molecule has 0 unspecified atom stereocenters. The van der Waals surface area contributed by atoms with Gasteiger partial charge in [-0.3, -0.25) is 0 Å². The molecule has 2 N–H and O–H groups in total. The molecular formula is C6H2B4O2. The maximum atomic E-state index is 9.17. The molecule has 0 heterocycles. The number of hydrogen-bond donors (Lipinski definition) is 2. The van der Waals surface area contributed by atoms with Gasteiger partial charge in [-0.05, 0) is 0 Å². The Morgan fingerprint density at radius 1 is 0.583 bits per heavy atom. The van der Waals surface area contributed by atoms with Crippen LogP contribution in [-0.4, -0.2) is 41.6 Å². The van der Waals surface area contributed by atoms with Gasteiger partial charge in [0.25, 0.3) is 0 Å². The summed E-state index contributed by atoms with van der Waals surface area (Å²) in [6.45, 7) is 0. The Morgan fingerprint density at radius 3 is 0.917 bits per heavy atom. The fraction of sp³-hybridized carbons (Fsp3) is 0. The minimum Gasteiger partial charge on any atom is -0.509 e. The van der Waals surface area contributed by atoms with Crippen LogP contribution in [0.2, 0.25) is 0 Å². The van der Waals surface area contributed by atoms with Crippen molar-refractivity contribution in [3.05, 3.63) is 0 Å². The molecule has 0 aliphatic carbocycles. The fourth-order valence-corrected chi connectivity index (χ4v) is 0.800. The Morgan fingerprint density at radius 2 is 0.750 bits per heavy atom. The third-order valence-electron chi connectivity index (χ3n) is 1.60. The number of hydrogen-bond acceptors (Lipinski definition) is 2. The SMILES string of the molecule is [B]c1c([B])c(O)c([B])c([B])c1O. The van der Waals surface area contributed by atoms with Gasteiger partial charge >= 0.3 is 0 Å². The molecule has 6 heteroatoms. The Kier molecular flexibility index (Phi) is 2.18. The average Bonchev–Trinajstić information content (AvgIpc) is 2.08. The summed E-state index contributed by atoms with van der Waals surface area (Å²) in [4.78, 5) is 0. The highest BCUT2D eigenvalue weighted by molar-refractivity contribution is 6.59. The summed E-state index contributed by atoms with van der Waals surface area (Å²) in [5, 5.41) is 18.3. The minimum absolute atomic E-state index is 0.167. The summed E-state index contributed by atoms with van der Waals surface area (Å²) in [5.41, 5.74) is -0.670. The van der Waals surface area contributed by atoms with Gasteiger partial charge in [-0.25, -0.2) is 0 Å². The van der Waals surface area contributed by atoms with Crippen LogP contribution < -0.4 is 21.9 Å². The number of rotatable bonds is 0. The highest BCUT2D eigenvalue weighted by Gasteiger charge is 2.10. The minimum atomic E-state index is -0.400. The van der Waals surface area contributed by atoms with Gasteiger partial charge in [0.2, 0.25) is 0 Å². The molecule has 12 heavy (non-hydrogen) atoms. The molecule has 0 bridgehead atoms. The molecule has 0 atom stereocenters. The summed E-state index contributed by atoms with van der Waals surface area (Å²) in [6.07, 6.45) is 0. The van der Waals surface area contributed by atoms with Gasteiger partial charge in [0.1, 0.15) is 42.9 Å². The van der Waals surface area contributed by atoms with E-state index in [1.54, 1.807) is 0 Å². The lowest BCUT2D eigenvalue weighted by molar-refractivity contribution is 0.474. The zero-order valence-electron chi connectivity index (χ0n) is 6.20. The first kappa shape index (κ1) is 9.17. The molecule has 0 fully saturated rings. The van der Waals surface area contributed by atoms with Crippen molar-refractivity contribution in [1.82, 2.24) is 0 Å². The van der Waals surface area contributed by atoms with Crippen LogP contribution in [0.5, 0.6) is 11.5 Å². The zero-order chi connectivity index (χ0) is 9.46. The molecule has 0 amide bonds. The van der Waals surface area contributed by atoms with E-state index in [-0.39, 0.29) is 21.9 Å². The second-order valence-electron chi connectivity index (χ2n) is 2.35. The molecule has 0 spiro atoms. The number of benzene rings is 1. The van der Waals surface area contributed by atoms with E-state index < -0.39 is 11.5 Å². The second-order valence-corrected chi connectivity index (χ2v) is 2.35. The maximum Gasteiger partial charge on any atom is 0.118 e. The van der Waals surface area contributed by atoms with Crippen LogP contribution in [0.3, 0.4) is 0 Å². The highest BCUT2D eigenvalue weighted by atomic mass is 16.3. The van der Waals surface area contributed by atoms with Gasteiger partial charge in [0.05, 0.1) is 0 Å². The summed E-state index contributed by atoms with van der Waals surface area (Å²) < 4.78 is 0. The summed E-state index contributed by atoms with van der Waals surface area (Å²) >= 11 is 0. The first-order valence-electron chi connectivity index (χ1n) is 3.10. The van der Waals surface area contributed by atoms with Crippen molar-refractivity contribution in [3.8, 4) is 11.5 Å². The first-order valence-corrected chi connectivity index (χ1v) is 3.10. The number of phenolic OH excluding ortho intramolecular Hbond substituents is 2. The van der Waals surface area contributed by atoms with Crippen molar-refractivity contribution in [1.29, 1.82) is 0 Å². The fourth-order valence-electron chi connectivity index (χ4n) is 0.800. The molecule has 8 radical (unpaired) electrons. The van der Waals surface area contributed by atoms with Gasteiger partial charge in [-0.2, -0.15) is 0 Å². The standard InChI is InChI=1S/C6H2B4O2/c7-1-2(8)6(12)4(10)3(9)5(1)11/h11-12H. The van der Waals surface area contributed by atoms with E-state index in [4.69, 9.17) is 31.4 Å². The molecule has 1 aromatic carbocycles. The molecular weight excluding hydrogens is 147 g/mol. The van der Waals surface area contributed by atoms with E-state index in [1.165, 1.54) is 0 Å². The number of phenols is 2. The highest BCUT2D eigenvalue weighted by Crippen LogP contribution is 2.01. The van der Waals surface area contributed by atoms with Crippen molar-refractivity contribution in [2.45, 2.75) is 0 Å². The van der Waals surface area contributed by atoms with Crippen LogP contribution in [0.4, 0.5) is 0 Å². The second kappa shape index (κ2) is 2.85. The maximum absolute atomic E-state index is 9.17. The first-order chi connectivity index (χ1) is 5.46. The van der Waals surface area contributed by atoms with Crippen molar-refractivity contribution in [2.24, 2.45) is 0 Å². The molecule has 1 rings (SSSR count). The molecule has 2 nitrogen and oxygen atoms in total. The van der Waals surface area contributed by atoms with Crippen LogP contribution in [0.1, 0.15) is 0 Å². The normalized spacial score (nSPS) is 10.0. The van der Waals surface area contributed by atoms with Crippen LogP contribution in [-0.2, 0) is 0 Å². The lowest BCUT2D eigenvalue weighted by atomic mass is 9.69. The van der Waals surface area contributed by atoms with Gasteiger partial charge in [0.15, 0.2) is 0 Å².